The van der Waals surface area contributed by atoms with E-state index in [0.717, 1.165) is 56.7 Å². The first-order valence-electron chi connectivity index (χ1n) is 12.1. The second-order valence-electron chi connectivity index (χ2n) is 9.16. The number of amides is 2. The Kier molecular flexibility index (Phi) is 7.24. The molecular formula is C26H28F3N5O2. The molecule has 0 radical (unpaired) electrons. The fourth-order valence-corrected chi connectivity index (χ4v) is 4.63. The number of hydrogen-bond acceptors (Lipinski definition) is 5. The molecule has 0 unspecified atom stereocenters. The van der Waals surface area contributed by atoms with Gasteiger partial charge in [-0.2, -0.15) is 5.10 Å². The lowest BCUT2D eigenvalue weighted by Crippen LogP contribution is -2.49. The van der Waals surface area contributed by atoms with Crippen LogP contribution in [0.5, 0.6) is 0 Å². The Morgan fingerprint density at radius 1 is 1.08 bits per heavy atom. The van der Waals surface area contributed by atoms with Gasteiger partial charge in [0.05, 0.1) is 19.3 Å². The van der Waals surface area contributed by atoms with Gasteiger partial charge in [0.25, 0.3) is 0 Å². The van der Waals surface area contributed by atoms with Crippen molar-refractivity contribution in [3.8, 4) is 0 Å². The third kappa shape index (κ3) is 5.55. The molecule has 3 aliphatic heterocycles. The highest BCUT2D eigenvalue weighted by molar-refractivity contribution is 5.81. The van der Waals surface area contributed by atoms with E-state index < -0.39 is 17.7 Å². The highest BCUT2D eigenvalue weighted by Gasteiger charge is 2.35. The van der Waals surface area contributed by atoms with Crippen molar-refractivity contribution >= 4 is 24.0 Å². The molecule has 1 N–H and O–H groups in total. The van der Waals surface area contributed by atoms with Crippen LogP contribution < -0.4 is 5.32 Å². The lowest BCUT2D eigenvalue weighted by atomic mass is 10.0. The molecular weight excluding hydrogens is 471 g/mol. The van der Waals surface area contributed by atoms with Gasteiger partial charge in [0.2, 0.25) is 0 Å². The number of likely N-dealkylation sites (tertiary alicyclic amines) is 1. The summed E-state index contributed by atoms with van der Waals surface area (Å²) in [6.45, 7) is 5.64. The van der Waals surface area contributed by atoms with Crippen LogP contribution in [0.1, 0.15) is 23.6 Å². The van der Waals surface area contributed by atoms with Gasteiger partial charge in [-0.25, -0.2) is 23.0 Å². The summed E-state index contributed by atoms with van der Waals surface area (Å²) in [5.41, 5.74) is 2.56. The molecule has 0 bridgehead atoms. The summed E-state index contributed by atoms with van der Waals surface area (Å²) < 4.78 is 47.2. The third-order valence-electron chi connectivity index (χ3n) is 6.57. The Balaban J connectivity index is 1.17. The van der Waals surface area contributed by atoms with Gasteiger partial charge in [-0.15, -0.1) is 0 Å². The Hall–Kier alpha value is -3.37. The first-order valence-corrected chi connectivity index (χ1v) is 12.1. The topological polar surface area (TPSA) is 60.4 Å². The molecule has 0 aliphatic carbocycles. The van der Waals surface area contributed by atoms with E-state index in [-0.39, 0.29) is 11.8 Å². The van der Waals surface area contributed by atoms with Gasteiger partial charge in [0, 0.05) is 69.2 Å². The minimum Gasteiger partial charge on any atom is -0.384 e. The molecule has 5 rings (SSSR count). The van der Waals surface area contributed by atoms with E-state index >= 15 is 0 Å². The summed E-state index contributed by atoms with van der Waals surface area (Å²) in [5.74, 6) is -1.72. The van der Waals surface area contributed by atoms with Gasteiger partial charge >= 0.3 is 6.03 Å². The van der Waals surface area contributed by atoms with Gasteiger partial charge in [-0.05, 0) is 47.5 Å². The van der Waals surface area contributed by atoms with E-state index in [1.165, 1.54) is 23.2 Å². The Labute approximate surface area is 207 Å². The molecule has 0 spiro atoms. The zero-order chi connectivity index (χ0) is 25.1. The van der Waals surface area contributed by atoms with Crippen LogP contribution in [-0.2, 0) is 4.74 Å². The van der Waals surface area contributed by atoms with Crippen molar-refractivity contribution in [2.45, 2.75) is 12.5 Å². The van der Waals surface area contributed by atoms with Crippen LogP contribution in [0.3, 0.4) is 0 Å². The van der Waals surface area contributed by atoms with Crippen LogP contribution in [0, 0.1) is 17.5 Å². The Morgan fingerprint density at radius 2 is 1.83 bits per heavy atom. The quantitative estimate of drug-likeness (QED) is 0.650. The molecule has 0 saturated carbocycles. The van der Waals surface area contributed by atoms with E-state index in [4.69, 9.17) is 4.74 Å². The average molecular weight is 500 g/mol. The zero-order valence-electron chi connectivity index (χ0n) is 19.8. The van der Waals surface area contributed by atoms with Crippen LogP contribution in [-0.4, -0.2) is 79.5 Å². The normalized spacial score (nSPS) is 20.0. The van der Waals surface area contributed by atoms with Crippen molar-refractivity contribution in [3.63, 3.8) is 0 Å². The van der Waals surface area contributed by atoms with Gasteiger partial charge in [-0.1, -0.05) is 0 Å². The number of nitrogens with zero attached hydrogens (tertiary/aromatic N) is 4. The number of hydrogen-bond donors (Lipinski definition) is 1. The SMILES string of the molecule is O=C(N1CC(=Cc2cc(NCCN3CCOCC3)ccc2F)C1)N1N=CC[C@H]1c1cc(F)cc(F)c1. The fourth-order valence-electron chi connectivity index (χ4n) is 4.63. The standard InChI is InChI=1S/C26H28F3N5O2/c27-21-12-20(13-22(28)15-21)25-3-4-31-34(25)26(35)33-16-18(17-33)11-19-14-23(1-2-24(19)29)30-5-6-32-7-9-36-10-8-32/h1-2,4,11-15,25,30H,3,5-10,16-17H2/t25-/m0/s1. The number of hydrazone groups is 1. The predicted octanol–water partition coefficient (Wildman–Crippen LogP) is 4.10. The fraction of sp³-hybridized carbons (Fsp3) is 0.385. The monoisotopic (exact) mass is 499 g/mol. The minimum atomic E-state index is -0.696. The number of ether oxygens (including phenoxy) is 1. The molecule has 1 atom stereocenters. The van der Waals surface area contributed by atoms with Crippen molar-refractivity contribution in [3.05, 3.63) is 70.5 Å². The maximum absolute atomic E-state index is 14.4. The second kappa shape index (κ2) is 10.7. The van der Waals surface area contributed by atoms with Crippen LogP contribution in [0.4, 0.5) is 23.7 Å². The molecule has 2 amide bonds. The number of nitrogens with one attached hydrogen (secondary N) is 1. The van der Waals surface area contributed by atoms with Crippen LogP contribution in [0.25, 0.3) is 6.08 Å². The van der Waals surface area contributed by atoms with E-state index in [0.29, 0.717) is 30.6 Å². The first kappa shape index (κ1) is 24.3. The Morgan fingerprint density at radius 3 is 2.58 bits per heavy atom. The summed E-state index contributed by atoms with van der Waals surface area (Å²) in [6, 6.07) is 7.24. The molecule has 190 valence electrons. The van der Waals surface area contributed by atoms with Crippen LogP contribution in [0.2, 0.25) is 0 Å². The number of halogens is 3. The molecule has 0 aromatic heterocycles. The van der Waals surface area contributed by atoms with Gasteiger partial charge < -0.3 is 15.0 Å². The molecule has 2 saturated heterocycles. The summed E-state index contributed by atoms with van der Waals surface area (Å²) >= 11 is 0. The van der Waals surface area contributed by atoms with Gasteiger partial charge in [-0.3, -0.25) is 4.90 Å². The molecule has 2 aromatic carbocycles. The first-order chi connectivity index (χ1) is 17.5. The Bertz CT molecular complexity index is 1150. The summed E-state index contributed by atoms with van der Waals surface area (Å²) in [5, 5.41) is 8.72. The lowest BCUT2D eigenvalue weighted by Gasteiger charge is -2.37. The van der Waals surface area contributed by atoms with Crippen molar-refractivity contribution < 1.29 is 22.7 Å². The third-order valence-corrected chi connectivity index (χ3v) is 6.57. The van der Waals surface area contributed by atoms with Gasteiger partial charge in [0.1, 0.15) is 17.5 Å². The molecule has 36 heavy (non-hydrogen) atoms. The van der Waals surface area contributed by atoms with Crippen molar-refractivity contribution in [1.82, 2.24) is 14.8 Å². The van der Waals surface area contributed by atoms with Crippen LogP contribution >= 0.6 is 0 Å². The zero-order valence-corrected chi connectivity index (χ0v) is 19.8. The molecule has 7 nitrogen and oxygen atoms in total. The van der Waals surface area contributed by atoms with E-state index in [9.17, 15) is 18.0 Å². The molecule has 2 fully saturated rings. The summed E-state index contributed by atoms with van der Waals surface area (Å²) in [7, 11) is 0. The van der Waals surface area contributed by atoms with E-state index in [1.54, 1.807) is 29.3 Å². The van der Waals surface area contributed by atoms with E-state index in [2.05, 4.69) is 15.3 Å². The lowest BCUT2D eigenvalue weighted by molar-refractivity contribution is 0.0398. The number of urea groups is 1. The number of benzene rings is 2. The number of carbonyl (C=O) groups excluding carboxylic acids is 1. The average Bonchev–Trinajstić information content (AvgIpc) is 3.33. The smallest absolute Gasteiger partial charge is 0.341 e. The molecule has 2 aromatic rings. The van der Waals surface area contributed by atoms with Crippen LogP contribution in [0.15, 0.2) is 47.1 Å². The van der Waals surface area contributed by atoms with Crippen molar-refractivity contribution in [2.24, 2.45) is 5.10 Å². The van der Waals surface area contributed by atoms with Crippen molar-refractivity contribution in [1.29, 1.82) is 0 Å². The second-order valence-corrected chi connectivity index (χ2v) is 9.16. The molecule has 3 heterocycles. The number of morpholine rings is 1. The maximum atomic E-state index is 14.4. The number of anilines is 1. The highest BCUT2D eigenvalue weighted by Crippen LogP contribution is 2.32. The largest absolute Gasteiger partial charge is 0.384 e. The highest BCUT2D eigenvalue weighted by atomic mass is 19.1. The number of carbonyl (C=O) groups is 1. The van der Waals surface area contributed by atoms with Gasteiger partial charge in [0.15, 0.2) is 0 Å². The minimum absolute atomic E-state index is 0.330. The van der Waals surface area contributed by atoms with E-state index in [1.807, 2.05) is 0 Å². The summed E-state index contributed by atoms with van der Waals surface area (Å²) in [6.07, 6.45) is 3.70. The van der Waals surface area contributed by atoms with Crippen molar-refractivity contribution in [2.75, 3.05) is 57.8 Å². The maximum Gasteiger partial charge on any atom is 0.341 e. The number of rotatable bonds is 6. The molecule has 3 aliphatic rings. The molecule has 10 heteroatoms. The predicted molar refractivity (Wildman–Crippen MR) is 131 cm³/mol. The summed E-state index contributed by atoms with van der Waals surface area (Å²) in [4.78, 5) is 16.9.